The molecule has 0 radical (unpaired) electrons. The Balaban J connectivity index is 1.34. The highest BCUT2D eigenvalue weighted by Gasteiger charge is 2.57. The minimum Gasteiger partial charge on any atom is -0.382 e. The van der Waals surface area contributed by atoms with Gasteiger partial charge in [-0.3, -0.25) is 0 Å². The molecule has 0 aliphatic carbocycles. The third-order valence-electron chi connectivity index (χ3n) is 7.57. The molecule has 0 spiro atoms. The molecule has 2 aromatic heterocycles. The highest BCUT2D eigenvalue weighted by molar-refractivity contribution is 5.65. The van der Waals surface area contributed by atoms with E-state index < -0.39 is 23.9 Å². The van der Waals surface area contributed by atoms with Crippen molar-refractivity contribution < 1.29 is 18.9 Å². The van der Waals surface area contributed by atoms with Gasteiger partial charge in [0, 0.05) is 0 Å². The van der Waals surface area contributed by atoms with E-state index in [0.29, 0.717) is 37.8 Å². The van der Waals surface area contributed by atoms with Crippen LogP contribution < -0.4 is 5.73 Å². The van der Waals surface area contributed by atoms with Gasteiger partial charge < -0.3 is 24.7 Å². The number of nitrogens with two attached hydrogens (primary N) is 1. The van der Waals surface area contributed by atoms with E-state index >= 15 is 0 Å². The van der Waals surface area contributed by atoms with Crippen LogP contribution in [0.1, 0.15) is 35.4 Å². The molecule has 8 nitrogen and oxygen atoms in total. The molecule has 1 saturated heterocycles. The number of hydrogen-bond donors (Lipinski definition) is 1. The first-order valence-electron chi connectivity index (χ1n) is 13.8. The third kappa shape index (κ3) is 5.87. The Morgan fingerprint density at radius 3 is 2.07 bits per heavy atom. The van der Waals surface area contributed by atoms with Crippen molar-refractivity contribution in [3.63, 3.8) is 0 Å². The molecule has 4 atom stereocenters. The van der Waals surface area contributed by atoms with E-state index in [1.807, 2.05) is 78.9 Å². The Labute approximate surface area is 239 Å². The first kappa shape index (κ1) is 27.1. The number of ether oxygens (including phenoxy) is 4. The van der Waals surface area contributed by atoms with Gasteiger partial charge in [-0.2, -0.15) is 5.10 Å². The Morgan fingerprint density at radius 2 is 1.41 bits per heavy atom. The van der Waals surface area contributed by atoms with Gasteiger partial charge in [0.15, 0.2) is 5.82 Å². The highest BCUT2D eigenvalue weighted by atomic mass is 16.6. The predicted octanol–water partition coefficient (Wildman–Crippen LogP) is 5.53. The molecule has 2 N–H and O–H groups in total. The summed E-state index contributed by atoms with van der Waals surface area (Å²) in [6, 6.07) is 34.2. The van der Waals surface area contributed by atoms with Crippen LogP contribution in [0, 0.1) is 0 Å². The minimum absolute atomic E-state index is 0.329. The lowest BCUT2D eigenvalue weighted by molar-refractivity contribution is -0.148. The second kappa shape index (κ2) is 12.2. The van der Waals surface area contributed by atoms with Crippen LogP contribution >= 0.6 is 0 Å². The molecule has 8 heteroatoms. The third-order valence-corrected chi connectivity index (χ3v) is 7.57. The van der Waals surface area contributed by atoms with Crippen molar-refractivity contribution in [3.8, 4) is 0 Å². The van der Waals surface area contributed by atoms with Gasteiger partial charge in [0.1, 0.15) is 35.8 Å². The Bertz CT molecular complexity index is 1550. The fourth-order valence-electron chi connectivity index (χ4n) is 5.43. The topological polar surface area (TPSA) is 93.1 Å². The number of nitrogen functional groups attached to an aromatic ring is 1. The van der Waals surface area contributed by atoms with E-state index in [-0.39, 0.29) is 0 Å². The number of rotatable bonds is 11. The number of fused-ring (bicyclic) bond motifs is 1. The lowest BCUT2D eigenvalue weighted by Gasteiger charge is -2.35. The smallest absolute Gasteiger partial charge is 0.151 e. The standard InChI is InChI=1S/C33H34N4O4/c1-33(40-21-26-15-9-4-10-16-26)30(27-17-18-28-32(34)35-23-36-37(27)28)41-29(22-38-19-24-11-5-2-6-12-24)31(33)39-20-25-13-7-3-8-14-25/h2-18,23,29-31H,19-22H2,1H3,(H2,34,35,36)/t29?,30-,31+,33-/m0/s1. The van der Waals surface area contributed by atoms with Crippen molar-refractivity contribution in [2.75, 3.05) is 12.3 Å². The number of nitrogens with zero attached hydrogens (tertiary/aromatic N) is 3. The molecule has 5 aromatic rings. The Kier molecular flexibility index (Phi) is 8.07. The average Bonchev–Trinajstić information content (AvgIpc) is 3.56. The quantitative estimate of drug-likeness (QED) is 0.231. The molecule has 1 aliphatic heterocycles. The molecule has 1 aliphatic rings. The van der Waals surface area contributed by atoms with Crippen molar-refractivity contribution in [2.24, 2.45) is 0 Å². The van der Waals surface area contributed by atoms with Crippen LogP contribution in [0.25, 0.3) is 5.52 Å². The molecule has 41 heavy (non-hydrogen) atoms. The van der Waals surface area contributed by atoms with E-state index in [4.69, 9.17) is 24.7 Å². The maximum Gasteiger partial charge on any atom is 0.151 e. The van der Waals surface area contributed by atoms with E-state index in [1.165, 1.54) is 6.33 Å². The summed E-state index contributed by atoms with van der Waals surface area (Å²) >= 11 is 0. The van der Waals surface area contributed by atoms with Crippen molar-refractivity contribution in [1.29, 1.82) is 0 Å². The zero-order chi connectivity index (χ0) is 28.1. The van der Waals surface area contributed by atoms with Crippen LogP contribution in [0.3, 0.4) is 0 Å². The molecular formula is C33H34N4O4. The normalized spacial score (nSPS) is 22.3. The van der Waals surface area contributed by atoms with E-state index in [0.717, 1.165) is 22.4 Å². The zero-order valence-corrected chi connectivity index (χ0v) is 23.0. The molecule has 0 saturated carbocycles. The predicted molar refractivity (Wildman–Crippen MR) is 156 cm³/mol. The molecule has 1 unspecified atom stereocenters. The summed E-state index contributed by atoms with van der Waals surface area (Å²) < 4.78 is 28.2. The molecular weight excluding hydrogens is 516 g/mol. The van der Waals surface area contributed by atoms with E-state index in [9.17, 15) is 0 Å². The van der Waals surface area contributed by atoms with Crippen molar-refractivity contribution >= 4 is 11.3 Å². The molecule has 1 fully saturated rings. The molecule has 3 aromatic carbocycles. The number of anilines is 1. The molecule has 3 heterocycles. The van der Waals surface area contributed by atoms with E-state index in [1.54, 1.807) is 4.52 Å². The van der Waals surface area contributed by atoms with Gasteiger partial charge in [-0.15, -0.1) is 0 Å². The van der Waals surface area contributed by atoms with Crippen molar-refractivity contribution in [1.82, 2.24) is 14.6 Å². The summed E-state index contributed by atoms with van der Waals surface area (Å²) in [6.45, 7) is 3.65. The largest absolute Gasteiger partial charge is 0.382 e. The van der Waals surface area contributed by atoms with E-state index in [2.05, 4.69) is 41.3 Å². The molecule has 0 bridgehead atoms. The number of benzene rings is 3. The van der Waals surface area contributed by atoms with Gasteiger partial charge in [0.05, 0.1) is 32.1 Å². The van der Waals surface area contributed by atoms with Crippen LogP contribution in [0.2, 0.25) is 0 Å². The van der Waals surface area contributed by atoms with Crippen molar-refractivity contribution in [2.45, 2.75) is 50.7 Å². The monoisotopic (exact) mass is 550 g/mol. The van der Waals surface area contributed by atoms with Crippen LogP contribution in [0.4, 0.5) is 5.82 Å². The summed E-state index contributed by atoms with van der Waals surface area (Å²) in [5, 5.41) is 4.49. The van der Waals surface area contributed by atoms with Crippen LogP contribution in [-0.2, 0) is 38.8 Å². The Hall–Kier alpha value is -4.08. The lowest BCUT2D eigenvalue weighted by atomic mass is 9.90. The first-order valence-corrected chi connectivity index (χ1v) is 13.8. The number of aromatic nitrogens is 3. The van der Waals surface area contributed by atoms with Gasteiger partial charge >= 0.3 is 0 Å². The van der Waals surface area contributed by atoms with Gasteiger partial charge in [-0.25, -0.2) is 9.50 Å². The van der Waals surface area contributed by atoms with Gasteiger partial charge in [-0.1, -0.05) is 91.0 Å². The van der Waals surface area contributed by atoms with Crippen LogP contribution in [0.15, 0.2) is 109 Å². The van der Waals surface area contributed by atoms with Crippen molar-refractivity contribution in [3.05, 3.63) is 132 Å². The summed E-state index contributed by atoms with van der Waals surface area (Å²) in [6.07, 6.45) is 0.0799. The fourth-order valence-corrected chi connectivity index (χ4v) is 5.43. The van der Waals surface area contributed by atoms with Gasteiger partial charge in [0.2, 0.25) is 0 Å². The van der Waals surface area contributed by atoms with Gasteiger partial charge in [-0.05, 0) is 35.7 Å². The maximum atomic E-state index is 6.80. The maximum absolute atomic E-state index is 6.80. The number of hydrogen-bond acceptors (Lipinski definition) is 7. The Morgan fingerprint density at radius 1 is 0.805 bits per heavy atom. The zero-order valence-electron chi connectivity index (χ0n) is 23.0. The summed E-state index contributed by atoms with van der Waals surface area (Å²) in [7, 11) is 0. The first-order chi connectivity index (χ1) is 20.1. The molecule has 210 valence electrons. The second-order valence-corrected chi connectivity index (χ2v) is 10.4. The second-order valence-electron chi connectivity index (χ2n) is 10.4. The summed E-state index contributed by atoms with van der Waals surface area (Å²) in [5.74, 6) is 0.399. The van der Waals surface area contributed by atoms with Crippen LogP contribution in [0.5, 0.6) is 0 Å². The molecule has 6 rings (SSSR count). The SMILES string of the molecule is C[C@@]1(OCc2ccccc2)[C@H](OCc2ccccc2)C(COCc2ccccc2)O[C@H]1c1ccc2c(N)ncnn12. The summed E-state index contributed by atoms with van der Waals surface area (Å²) in [4.78, 5) is 4.15. The highest BCUT2D eigenvalue weighted by Crippen LogP contribution is 2.47. The lowest BCUT2D eigenvalue weighted by Crippen LogP contribution is -2.47. The fraction of sp³-hybridized carbons (Fsp3) is 0.273. The van der Waals surface area contributed by atoms with Crippen LogP contribution in [-0.4, -0.2) is 39.0 Å². The van der Waals surface area contributed by atoms with Gasteiger partial charge in [0.25, 0.3) is 0 Å². The average molecular weight is 551 g/mol. The molecule has 0 amide bonds. The minimum atomic E-state index is -0.889. The summed E-state index contributed by atoms with van der Waals surface area (Å²) in [5.41, 5.74) is 10.0.